The van der Waals surface area contributed by atoms with Crippen LogP contribution in [0.2, 0.25) is 0 Å². The SMILES string of the molecule is CC(CS)Cn1nc(C(F)F)cc1C1CC1. The van der Waals surface area contributed by atoms with Crippen molar-refractivity contribution in [1.82, 2.24) is 9.78 Å². The molecule has 2 rings (SSSR count). The van der Waals surface area contributed by atoms with Gasteiger partial charge < -0.3 is 0 Å². The van der Waals surface area contributed by atoms with Crippen molar-refractivity contribution < 1.29 is 8.78 Å². The van der Waals surface area contributed by atoms with Gasteiger partial charge in [0.1, 0.15) is 5.69 Å². The second-order valence-corrected chi connectivity index (χ2v) is 4.90. The fourth-order valence-electron chi connectivity index (χ4n) is 1.77. The summed E-state index contributed by atoms with van der Waals surface area (Å²) in [6, 6.07) is 1.56. The zero-order valence-corrected chi connectivity index (χ0v) is 10.1. The van der Waals surface area contributed by atoms with E-state index in [9.17, 15) is 8.78 Å². The van der Waals surface area contributed by atoms with E-state index in [0.29, 0.717) is 18.4 Å². The molecule has 0 radical (unpaired) electrons. The van der Waals surface area contributed by atoms with E-state index >= 15 is 0 Å². The van der Waals surface area contributed by atoms with E-state index in [1.807, 2.05) is 6.92 Å². The molecule has 1 fully saturated rings. The summed E-state index contributed by atoms with van der Waals surface area (Å²) in [6.45, 7) is 2.73. The van der Waals surface area contributed by atoms with Crippen molar-refractivity contribution in [3.05, 3.63) is 17.5 Å². The Bertz CT molecular complexity index is 361. The molecule has 5 heteroatoms. The second kappa shape index (κ2) is 4.73. The number of hydrogen-bond acceptors (Lipinski definition) is 2. The number of nitrogens with zero attached hydrogens (tertiary/aromatic N) is 2. The lowest BCUT2D eigenvalue weighted by Crippen LogP contribution is -2.12. The first-order chi connectivity index (χ1) is 7.61. The monoisotopic (exact) mass is 246 g/mol. The van der Waals surface area contributed by atoms with Gasteiger partial charge in [0.05, 0.1) is 0 Å². The maximum absolute atomic E-state index is 12.6. The molecule has 1 aliphatic carbocycles. The fraction of sp³-hybridized carbons (Fsp3) is 0.727. The van der Waals surface area contributed by atoms with Gasteiger partial charge in [0.15, 0.2) is 0 Å². The number of halogens is 2. The molecule has 1 aliphatic rings. The molecule has 0 N–H and O–H groups in total. The normalized spacial score (nSPS) is 18.1. The number of hydrogen-bond donors (Lipinski definition) is 1. The predicted molar refractivity (Wildman–Crippen MR) is 62.2 cm³/mol. The van der Waals surface area contributed by atoms with Crippen molar-refractivity contribution in [1.29, 1.82) is 0 Å². The van der Waals surface area contributed by atoms with Crippen LogP contribution in [-0.2, 0) is 6.54 Å². The van der Waals surface area contributed by atoms with Crippen molar-refractivity contribution in [3.8, 4) is 0 Å². The van der Waals surface area contributed by atoms with E-state index in [2.05, 4.69) is 17.7 Å². The summed E-state index contributed by atoms with van der Waals surface area (Å²) in [4.78, 5) is 0. The highest BCUT2D eigenvalue weighted by Gasteiger charge is 2.29. The minimum atomic E-state index is -2.47. The molecule has 1 aromatic heterocycles. The average molecular weight is 246 g/mol. The van der Waals surface area contributed by atoms with Crippen molar-refractivity contribution in [3.63, 3.8) is 0 Å². The molecule has 0 amide bonds. The second-order valence-electron chi connectivity index (χ2n) is 4.54. The first-order valence-electron chi connectivity index (χ1n) is 5.58. The Labute approximate surface area is 99.4 Å². The molecule has 0 aliphatic heterocycles. The summed E-state index contributed by atoms with van der Waals surface area (Å²) in [5, 5.41) is 3.99. The molecule has 1 aromatic rings. The Balaban J connectivity index is 2.19. The maximum Gasteiger partial charge on any atom is 0.282 e. The van der Waals surface area contributed by atoms with Gasteiger partial charge in [-0.3, -0.25) is 4.68 Å². The van der Waals surface area contributed by atoms with Crippen molar-refractivity contribution in [2.45, 2.75) is 38.7 Å². The molecule has 1 atom stereocenters. The molecule has 1 saturated carbocycles. The van der Waals surface area contributed by atoms with E-state index in [4.69, 9.17) is 0 Å². The van der Waals surface area contributed by atoms with Crippen LogP contribution >= 0.6 is 12.6 Å². The molecule has 0 aromatic carbocycles. The maximum atomic E-state index is 12.6. The van der Waals surface area contributed by atoms with Crippen LogP contribution < -0.4 is 0 Å². The molecule has 90 valence electrons. The Morgan fingerprint density at radius 1 is 1.56 bits per heavy atom. The lowest BCUT2D eigenvalue weighted by atomic mass is 10.2. The molecule has 0 bridgehead atoms. The molecular weight excluding hydrogens is 230 g/mol. The van der Waals surface area contributed by atoms with Crippen LogP contribution in [0.15, 0.2) is 6.07 Å². The first-order valence-corrected chi connectivity index (χ1v) is 6.21. The lowest BCUT2D eigenvalue weighted by molar-refractivity contribution is 0.144. The number of thiol groups is 1. The van der Waals surface area contributed by atoms with E-state index in [-0.39, 0.29) is 5.69 Å². The van der Waals surface area contributed by atoms with Crippen LogP contribution in [0.1, 0.15) is 43.5 Å². The Hall–Kier alpha value is -0.580. The van der Waals surface area contributed by atoms with Gasteiger partial charge in [-0.15, -0.1) is 0 Å². The van der Waals surface area contributed by atoms with E-state index in [0.717, 1.165) is 24.3 Å². The Morgan fingerprint density at radius 3 is 2.75 bits per heavy atom. The third-order valence-corrected chi connectivity index (χ3v) is 3.47. The molecule has 0 saturated heterocycles. The summed E-state index contributed by atoms with van der Waals surface area (Å²) in [6.07, 6.45) is -0.266. The minimum absolute atomic E-state index is 0.0896. The van der Waals surface area contributed by atoms with Crippen molar-refractivity contribution >= 4 is 12.6 Å². The summed E-state index contributed by atoms with van der Waals surface area (Å²) in [5.41, 5.74) is 0.886. The van der Waals surface area contributed by atoms with E-state index in [1.54, 1.807) is 10.7 Å². The largest absolute Gasteiger partial charge is 0.282 e. The van der Waals surface area contributed by atoms with Gasteiger partial charge in [-0.2, -0.15) is 17.7 Å². The van der Waals surface area contributed by atoms with Gasteiger partial charge in [0.25, 0.3) is 6.43 Å². The molecule has 2 nitrogen and oxygen atoms in total. The third kappa shape index (κ3) is 2.56. The van der Waals surface area contributed by atoms with Crippen LogP contribution in [0.4, 0.5) is 8.78 Å². The quantitative estimate of drug-likeness (QED) is 0.789. The van der Waals surface area contributed by atoms with Gasteiger partial charge in [0.2, 0.25) is 0 Å². The van der Waals surface area contributed by atoms with Crippen LogP contribution in [-0.4, -0.2) is 15.5 Å². The first kappa shape index (κ1) is 11.9. The van der Waals surface area contributed by atoms with Crippen LogP contribution in [0.5, 0.6) is 0 Å². The molecule has 0 spiro atoms. The van der Waals surface area contributed by atoms with Gasteiger partial charge in [-0.25, -0.2) is 8.78 Å². The number of rotatable bonds is 5. The highest BCUT2D eigenvalue weighted by Crippen LogP contribution is 2.41. The predicted octanol–water partition coefficient (Wildman–Crippen LogP) is 3.26. The zero-order chi connectivity index (χ0) is 11.7. The topological polar surface area (TPSA) is 17.8 Å². The summed E-state index contributed by atoms with van der Waals surface area (Å²) < 4.78 is 26.9. The van der Waals surface area contributed by atoms with Crippen LogP contribution in [0.3, 0.4) is 0 Å². The van der Waals surface area contributed by atoms with Crippen molar-refractivity contribution in [2.24, 2.45) is 5.92 Å². The molecule has 16 heavy (non-hydrogen) atoms. The Kier molecular flexibility index (Phi) is 3.52. The average Bonchev–Trinajstić information content (AvgIpc) is 3.00. The smallest absolute Gasteiger partial charge is 0.269 e. The molecule has 1 unspecified atom stereocenters. The van der Waals surface area contributed by atoms with Gasteiger partial charge in [-0.1, -0.05) is 6.92 Å². The number of aromatic nitrogens is 2. The summed E-state index contributed by atoms with van der Waals surface area (Å²) >= 11 is 4.21. The van der Waals surface area contributed by atoms with Gasteiger partial charge >= 0.3 is 0 Å². The van der Waals surface area contributed by atoms with Crippen LogP contribution in [0.25, 0.3) is 0 Å². The highest BCUT2D eigenvalue weighted by molar-refractivity contribution is 7.80. The van der Waals surface area contributed by atoms with Gasteiger partial charge in [0, 0.05) is 18.2 Å². The standard InChI is InChI=1S/C11H16F2N2S/c1-7(6-16)5-15-10(8-2-3-8)4-9(14-15)11(12)13/h4,7-8,11,16H,2-3,5-6H2,1H3. The lowest BCUT2D eigenvalue weighted by Gasteiger charge is -2.11. The summed E-state index contributed by atoms with van der Waals surface area (Å²) in [7, 11) is 0. The van der Waals surface area contributed by atoms with Crippen molar-refractivity contribution in [2.75, 3.05) is 5.75 Å². The molecular formula is C11H16F2N2S. The number of alkyl halides is 2. The fourth-order valence-corrected chi connectivity index (χ4v) is 1.88. The highest BCUT2D eigenvalue weighted by atomic mass is 32.1. The summed E-state index contributed by atoms with van der Waals surface area (Å²) in [5.74, 6) is 1.55. The van der Waals surface area contributed by atoms with E-state index in [1.165, 1.54) is 0 Å². The third-order valence-electron chi connectivity index (χ3n) is 2.85. The van der Waals surface area contributed by atoms with Crippen LogP contribution in [0, 0.1) is 5.92 Å². The zero-order valence-electron chi connectivity index (χ0n) is 9.24. The Morgan fingerprint density at radius 2 is 2.25 bits per heavy atom. The minimum Gasteiger partial charge on any atom is -0.269 e. The molecule has 1 heterocycles. The van der Waals surface area contributed by atoms with Gasteiger partial charge in [-0.05, 0) is 30.6 Å². The van der Waals surface area contributed by atoms with E-state index < -0.39 is 6.43 Å².